The Balaban J connectivity index is 1.79. The van der Waals surface area contributed by atoms with E-state index in [1.165, 1.54) is 0 Å². The van der Waals surface area contributed by atoms with Gasteiger partial charge >= 0.3 is 12.0 Å². The molecule has 5 heteroatoms. The van der Waals surface area contributed by atoms with Crippen LogP contribution in [0.15, 0.2) is 12.2 Å². The molecule has 2 aliphatic carbocycles. The summed E-state index contributed by atoms with van der Waals surface area (Å²) >= 11 is 0. The van der Waals surface area contributed by atoms with E-state index in [0.717, 1.165) is 32.1 Å². The van der Waals surface area contributed by atoms with E-state index in [1.54, 1.807) is 6.92 Å². The van der Waals surface area contributed by atoms with E-state index >= 15 is 0 Å². The van der Waals surface area contributed by atoms with E-state index in [4.69, 9.17) is 0 Å². The Hall–Kier alpha value is -1.52. The van der Waals surface area contributed by atoms with Crippen LogP contribution in [0.3, 0.4) is 0 Å². The minimum absolute atomic E-state index is 0.237. The number of urea groups is 1. The van der Waals surface area contributed by atoms with Crippen LogP contribution in [-0.4, -0.2) is 29.7 Å². The number of carbonyl (C=O) groups excluding carboxylic acids is 1. The Morgan fingerprint density at radius 1 is 1.35 bits per heavy atom. The van der Waals surface area contributed by atoms with Gasteiger partial charge in [0.2, 0.25) is 0 Å². The molecule has 0 spiro atoms. The maximum absolute atomic E-state index is 11.9. The van der Waals surface area contributed by atoms with Gasteiger partial charge < -0.3 is 15.7 Å². The first-order chi connectivity index (χ1) is 9.52. The zero-order valence-corrected chi connectivity index (χ0v) is 12.0. The van der Waals surface area contributed by atoms with Gasteiger partial charge in [-0.1, -0.05) is 18.6 Å². The average Bonchev–Trinajstić information content (AvgIpc) is 2.80. The van der Waals surface area contributed by atoms with Crippen molar-refractivity contribution in [2.45, 2.75) is 51.5 Å². The van der Waals surface area contributed by atoms with Gasteiger partial charge in [0.05, 0.1) is 5.41 Å². The molecule has 0 saturated heterocycles. The molecule has 0 heterocycles. The van der Waals surface area contributed by atoms with Gasteiger partial charge in [-0.25, -0.2) is 4.79 Å². The third-order valence-corrected chi connectivity index (χ3v) is 4.68. The van der Waals surface area contributed by atoms with Gasteiger partial charge in [0, 0.05) is 12.6 Å². The van der Waals surface area contributed by atoms with E-state index in [0.29, 0.717) is 18.9 Å². The average molecular weight is 280 g/mol. The molecular weight excluding hydrogens is 256 g/mol. The van der Waals surface area contributed by atoms with Crippen molar-refractivity contribution in [2.24, 2.45) is 11.3 Å². The lowest BCUT2D eigenvalue weighted by molar-refractivity contribution is -0.148. The Labute approximate surface area is 119 Å². The normalized spacial score (nSPS) is 32.9. The van der Waals surface area contributed by atoms with Crippen molar-refractivity contribution in [3.63, 3.8) is 0 Å². The molecule has 0 aliphatic heterocycles. The van der Waals surface area contributed by atoms with Crippen LogP contribution in [0.2, 0.25) is 0 Å². The number of aliphatic carboxylic acids is 1. The fourth-order valence-corrected chi connectivity index (χ4v) is 3.14. The second-order valence-electron chi connectivity index (χ2n) is 6.17. The Morgan fingerprint density at radius 2 is 2.15 bits per heavy atom. The van der Waals surface area contributed by atoms with Crippen molar-refractivity contribution < 1.29 is 14.7 Å². The Morgan fingerprint density at radius 3 is 2.80 bits per heavy atom. The van der Waals surface area contributed by atoms with Crippen LogP contribution in [0, 0.1) is 11.3 Å². The monoisotopic (exact) mass is 280 g/mol. The van der Waals surface area contributed by atoms with E-state index in [2.05, 4.69) is 22.8 Å². The Bertz CT molecular complexity index is 408. The maximum Gasteiger partial charge on any atom is 0.315 e. The summed E-state index contributed by atoms with van der Waals surface area (Å²) in [5, 5.41) is 15.0. The van der Waals surface area contributed by atoms with E-state index in [1.807, 2.05) is 0 Å². The number of nitrogens with one attached hydrogen (secondary N) is 2. The molecule has 20 heavy (non-hydrogen) atoms. The molecule has 1 saturated carbocycles. The van der Waals surface area contributed by atoms with Crippen molar-refractivity contribution in [2.75, 3.05) is 6.54 Å². The first-order valence-corrected chi connectivity index (χ1v) is 7.45. The molecule has 0 aromatic heterocycles. The second kappa shape index (κ2) is 6.29. The number of carboxylic acid groups (broad SMARTS) is 1. The first-order valence-electron chi connectivity index (χ1n) is 7.45. The summed E-state index contributed by atoms with van der Waals surface area (Å²) in [6.45, 7) is 2.38. The summed E-state index contributed by atoms with van der Waals surface area (Å²) in [4.78, 5) is 23.3. The molecule has 1 fully saturated rings. The van der Waals surface area contributed by atoms with Gasteiger partial charge in [0.1, 0.15) is 0 Å². The molecule has 3 unspecified atom stereocenters. The summed E-state index contributed by atoms with van der Waals surface area (Å²) in [5.74, 6) is -0.321. The van der Waals surface area contributed by atoms with Crippen LogP contribution < -0.4 is 10.6 Å². The summed E-state index contributed by atoms with van der Waals surface area (Å²) < 4.78 is 0. The Kier molecular flexibility index (Phi) is 4.68. The standard InChI is InChI=1S/C15H24N2O3/c1-15(13(18)19)9-5-8-12(15)17-14(20)16-10-11-6-3-2-4-7-11/h2-3,11-12H,4-10H2,1H3,(H,18,19)(H2,16,17,20). The summed E-state index contributed by atoms with van der Waals surface area (Å²) in [6, 6.07) is -0.509. The highest BCUT2D eigenvalue weighted by Crippen LogP contribution is 2.38. The number of hydrogen-bond acceptors (Lipinski definition) is 2. The first kappa shape index (κ1) is 14.9. The SMILES string of the molecule is CC1(C(=O)O)CCCC1NC(=O)NCC1CC=CCC1. The minimum atomic E-state index is -0.828. The van der Waals surface area contributed by atoms with E-state index in [9.17, 15) is 14.7 Å². The number of rotatable bonds is 4. The van der Waals surface area contributed by atoms with Gasteiger partial charge in [-0.15, -0.1) is 0 Å². The largest absolute Gasteiger partial charge is 0.481 e. The summed E-state index contributed by atoms with van der Waals surface area (Å²) in [6.07, 6.45) is 9.74. The maximum atomic E-state index is 11.9. The predicted octanol–water partition coefficient (Wildman–Crippen LogP) is 2.29. The molecule has 2 aliphatic rings. The zero-order chi connectivity index (χ0) is 14.6. The third-order valence-electron chi connectivity index (χ3n) is 4.68. The molecule has 2 rings (SSSR count). The lowest BCUT2D eigenvalue weighted by atomic mass is 9.85. The number of carboxylic acids is 1. The molecule has 2 amide bonds. The minimum Gasteiger partial charge on any atom is -0.481 e. The van der Waals surface area contributed by atoms with Crippen molar-refractivity contribution in [3.05, 3.63) is 12.2 Å². The molecule has 3 atom stereocenters. The van der Waals surface area contributed by atoms with Gasteiger partial charge in [-0.2, -0.15) is 0 Å². The molecule has 0 aromatic rings. The summed E-state index contributed by atoms with van der Waals surface area (Å²) in [5.41, 5.74) is -0.828. The van der Waals surface area contributed by atoms with Crippen LogP contribution >= 0.6 is 0 Å². The predicted molar refractivity (Wildman–Crippen MR) is 76.4 cm³/mol. The highest BCUT2D eigenvalue weighted by Gasteiger charge is 2.45. The van der Waals surface area contributed by atoms with Crippen LogP contribution in [0.5, 0.6) is 0 Å². The van der Waals surface area contributed by atoms with Crippen LogP contribution in [-0.2, 0) is 4.79 Å². The third kappa shape index (κ3) is 3.32. The van der Waals surface area contributed by atoms with Gasteiger partial charge in [0.15, 0.2) is 0 Å². The van der Waals surface area contributed by atoms with Crippen molar-refractivity contribution in [3.8, 4) is 0 Å². The van der Waals surface area contributed by atoms with Crippen LogP contribution in [0.1, 0.15) is 45.4 Å². The van der Waals surface area contributed by atoms with Crippen molar-refractivity contribution >= 4 is 12.0 Å². The smallest absolute Gasteiger partial charge is 0.315 e. The lowest BCUT2D eigenvalue weighted by Gasteiger charge is -2.28. The molecule has 112 valence electrons. The zero-order valence-electron chi connectivity index (χ0n) is 12.0. The molecule has 5 nitrogen and oxygen atoms in total. The van der Waals surface area contributed by atoms with Crippen LogP contribution in [0.25, 0.3) is 0 Å². The van der Waals surface area contributed by atoms with E-state index in [-0.39, 0.29) is 12.1 Å². The molecular formula is C15H24N2O3. The van der Waals surface area contributed by atoms with Gasteiger partial charge in [0.25, 0.3) is 0 Å². The number of amides is 2. The van der Waals surface area contributed by atoms with Crippen molar-refractivity contribution in [1.82, 2.24) is 10.6 Å². The lowest BCUT2D eigenvalue weighted by Crippen LogP contribution is -2.50. The fraction of sp³-hybridized carbons (Fsp3) is 0.733. The van der Waals surface area contributed by atoms with Crippen LogP contribution in [0.4, 0.5) is 4.79 Å². The van der Waals surface area contributed by atoms with Gasteiger partial charge in [-0.05, 0) is 44.9 Å². The molecule has 0 bridgehead atoms. The molecule has 3 N–H and O–H groups in total. The highest BCUT2D eigenvalue weighted by molar-refractivity contribution is 5.79. The number of allylic oxidation sites excluding steroid dienone is 2. The van der Waals surface area contributed by atoms with Crippen molar-refractivity contribution in [1.29, 1.82) is 0 Å². The second-order valence-corrected chi connectivity index (χ2v) is 6.17. The fourth-order valence-electron chi connectivity index (χ4n) is 3.14. The van der Waals surface area contributed by atoms with E-state index < -0.39 is 11.4 Å². The number of carbonyl (C=O) groups is 2. The quantitative estimate of drug-likeness (QED) is 0.691. The topological polar surface area (TPSA) is 78.4 Å². The molecule has 0 radical (unpaired) electrons. The highest BCUT2D eigenvalue weighted by atomic mass is 16.4. The van der Waals surface area contributed by atoms with Gasteiger partial charge in [-0.3, -0.25) is 4.79 Å². The number of hydrogen-bond donors (Lipinski definition) is 3. The molecule has 0 aromatic carbocycles. The summed E-state index contributed by atoms with van der Waals surface area (Å²) in [7, 11) is 0.